The lowest BCUT2D eigenvalue weighted by atomic mass is 9.82. The predicted octanol–water partition coefficient (Wildman–Crippen LogP) is 2.51. The molecule has 9 heteroatoms. The maximum atomic E-state index is 13.5. The molecule has 4 heterocycles. The molecule has 6 rings (SSSR count). The topological polar surface area (TPSA) is 81.7 Å². The van der Waals surface area contributed by atoms with Crippen molar-refractivity contribution in [1.82, 2.24) is 5.32 Å². The van der Waals surface area contributed by atoms with E-state index in [4.69, 9.17) is 9.47 Å². The van der Waals surface area contributed by atoms with Crippen LogP contribution < -0.4 is 22.3 Å². The van der Waals surface area contributed by atoms with Gasteiger partial charge in [0.2, 0.25) is 5.78 Å². The van der Waals surface area contributed by atoms with Crippen LogP contribution in [0.1, 0.15) is 55.6 Å². The normalized spacial score (nSPS) is 22.9. The van der Waals surface area contributed by atoms with E-state index < -0.39 is 23.7 Å². The number of fused-ring (bicyclic) bond motifs is 4. The van der Waals surface area contributed by atoms with E-state index in [9.17, 15) is 14.4 Å². The van der Waals surface area contributed by atoms with Crippen molar-refractivity contribution in [2.75, 3.05) is 26.2 Å². The van der Waals surface area contributed by atoms with Crippen molar-refractivity contribution < 1.29 is 45.3 Å². The summed E-state index contributed by atoms with van der Waals surface area (Å²) in [6.45, 7) is 8.15. The Morgan fingerprint density at radius 3 is 2.46 bits per heavy atom. The maximum absolute atomic E-state index is 13.5. The van der Waals surface area contributed by atoms with Crippen LogP contribution in [0.25, 0.3) is 10.1 Å². The predicted molar refractivity (Wildman–Crippen MR) is 147 cm³/mol. The molecule has 0 saturated carbocycles. The lowest BCUT2D eigenvalue weighted by Crippen LogP contribution is -3.00. The number of thiophene rings is 1. The molecule has 1 unspecified atom stereocenters. The summed E-state index contributed by atoms with van der Waals surface area (Å²) in [5.74, 6) is -0.125. The van der Waals surface area contributed by atoms with Gasteiger partial charge in [0.1, 0.15) is 18.7 Å². The second-order valence-corrected chi connectivity index (χ2v) is 12.5. The third-order valence-electron chi connectivity index (χ3n) is 7.59. The number of ether oxygens (including phenoxy) is 2. The Morgan fingerprint density at radius 1 is 1.05 bits per heavy atom. The van der Waals surface area contributed by atoms with Gasteiger partial charge in [0, 0.05) is 29.0 Å². The highest BCUT2D eigenvalue weighted by Gasteiger charge is 2.49. The van der Waals surface area contributed by atoms with Crippen molar-refractivity contribution in [2.45, 2.75) is 51.4 Å². The third-order valence-corrected chi connectivity index (χ3v) is 8.49. The number of nitrogens with zero attached hydrogens (tertiary/aromatic N) is 1. The van der Waals surface area contributed by atoms with Gasteiger partial charge in [-0.2, -0.15) is 0 Å². The van der Waals surface area contributed by atoms with Gasteiger partial charge in [-0.05, 0) is 61.4 Å². The lowest BCUT2D eigenvalue weighted by Gasteiger charge is -2.51. The van der Waals surface area contributed by atoms with E-state index in [0.717, 1.165) is 36.9 Å². The molecule has 208 valence electrons. The second-order valence-electron chi connectivity index (χ2n) is 11.5. The van der Waals surface area contributed by atoms with Gasteiger partial charge in [0.15, 0.2) is 12.1 Å². The van der Waals surface area contributed by atoms with Gasteiger partial charge in [-0.15, -0.1) is 11.3 Å². The number of alkyl carbamates (subject to hydrolysis) is 1. The number of Topliss-reactive ketones (excluding diaryl/α,β-unsaturated/α-hetero) is 1. The highest BCUT2D eigenvalue weighted by molar-refractivity contribution is 7.17. The molecule has 39 heavy (non-hydrogen) atoms. The van der Waals surface area contributed by atoms with Crippen LogP contribution in [0.3, 0.4) is 0 Å². The van der Waals surface area contributed by atoms with Gasteiger partial charge in [0.05, 0.1) is 13.1 Å². The number of hydrogen-bond acceptors (Lipinski definition) is 6. The number of quaternary nitrogens is 1. The molecule has 0 radical (unpaired) electrons. The van der Waals surface area contributed by atoms with Crippen LogP contribution in [0.2, 0.25) is 0 Å². The number of carbonyl (C=O) groups is 3. The van der Waals surface area contributed by atoms with Crippen LogP contribution in [-0.4, -0.2) is 60.2 Å². The number of esters is 1. The molecule has 3 aliphatic heterocycles. The van der Waals surface area contributed by atoms with Crippen LogP contribution in [0, 0.1) is 5.92 Å². The summed E-state index contributed by atoms with van der Waals surface area (Å²) < 4.78 is 13.3. The average molecular weight is 616 g/mol. The molecule has 3 aromatic rings. The number of hydrogen-bond donors (Lipinski definition) is 1. The quantitative estimate of drug-likeness (QED) is 0.251. The monoisotopic (exact) mass is 614 g/mol. The van der Waals surface area contributed by atoms with Crippen LogP contribution in [0.15, 0.2) is 60.0 Å². The molecule has 3 aliphatic rings. The van der Waals surface area contributed by atoms with E-state index >= 15 is 0 Å². The van der Waals surface area contributed by atoms with Crippen LogP contribution in [-0.2, 0) is 14.3 Å². The smallest absolute Gasteiger partial charge is 0.408 e. The first kappa shape index (κ1) is 29.2. The SMILES string of the molecule is CC(C)(C)OC(=O)NC(C(=O)O[C@H]1C[N+]2(CC(=O)c3ccc4sccc4c3)CCC1CC2)c1ccccc1.[Br-]. The molecule has 2 bridgehead atoms. The lowest BCUT2D eigenvalue weighted by molar-refractivity contribution is -0.938. The molecule has 3 fully saturated rings. The van der Waals surface area contributed by atoms with E-state index in [0.29, 0.717) is 23.1 Å². The second kappa shape index (κ2) is 11.8. The summed E-state index contributed by atoms with van der Waals surface area (Å²) in [6, 6.07) is 16.0. The van der Waals surface area contributed by atoms with E-state index in [1.54, 1.807) is 44.2 Å². The average Bonchev–Trinajstić information content (AvgIpc) is 3.35. The zero-order valence-corrected chi connectivity index (χ0v) is 24.9. The number of carbonyl (C=O) groups excluding carboxylic acids is 3. The zero-order valence-electron chi connectivity index (χ0n) is 22.5. The van der Waals surface area contributed by atoms with Gasteiger partial charge >= 0.3 is 12.1 Å². The van der Waals surface area contributed by atoms with Crippen molar-refractivity contribution in [2.24, 2.45) is 5.92 Å². The first-order valence-corrected chi connectivity index (χ1v) is 14.1. The molecule has 1 aromatic heterocycles. The van der Waals surface area contributed by atoms with Gasteiger partial charge in [-0.3, -0.25) is 4.79 Å². The standard InChI is InChI=1S/C30H34N2O5S.BrH/c1-30(2,3)37-29(35)31-27(21-7-5-4-6-8-21)28(34)36-25-19-32(14-11-20(25)12-15-32)18-24(33)22-9-10-26-23(17-22)13-16-38-26;/h4-10,13,16-17,20,25,27H,11-12,14-15,18-19H2,1-3H3;1H/t20?,25-,27?,32?;/m0./s1. The summed E-state index contributed by atoms with van der Waals surface area (Å²) in [5.41, 5.74) is 0.671. The summed E-state index contributed by atoms with van der Waals surface area (Å²) in [7, 11) is 0. The van der Waals surface area contributed by atoms with Crippen molar-refractivity contribution >= 4 is 39.3 Å². The molecule has 0 spiro atoms. The Balaban J connectivity index is 0.00000353. The molecule has 7 nitrogen and oxygen atoms in total. The first-order chi connectivity index (χ1) is 18.1. The number of benzene rings is 2. The molecular weight excluding hydrogens is 580 g/mol. The number of piperidine rings is 3. The van der Waals surface area contributed by atoms with Crippen molar-refractivity contribution in [3.8, 4) is 0 Å². The molecule has 0 aliphatic carbocycles. The summed E-state index contributed by atoms with van der Waals surface area (Å²) in [5, 5.41) is 5.83. The minimum Gasteiger partial charge on any atom is -1.00 e. The van der Waals surface area contributed by atoms with Crippen molar-refractivity contribution in [3.05, 3.63) is 71.1 Å². The Labute approximate surface area is 243 Å². The van der Waals surface area contributed by atoms with Crippen LogP contribution >= 0.6 is 11.3 Å². The number of rotatable bonds is 7. The van der Waals surface area contributed by atoms with Gasteiger partial charge in [-0.25, -0.2) is 9.59 Å². The number of halogens is 1. The zero-order chi connectivity index (χ0) is 26.9. The van der Waals surface area contributed by atoms with E-state index in [1.165, 1.54) is 4.70 Å². The highest BCUT2D eigenvalue weighted by atomic mass is 79.9. The number of ketones is 1. The van der Waals surface area contributed by atoms with Crippen molar-refractivity contribution in [1.29, 1.82) is 0 Å². The molecular formula is C30H35BrN2O5S. The Morgan fingerprint density at radius 2 is 1.77 bits per heavy atom. The Bertz CT molecular complexity index is 1330. The minimum atomic E-state index is -0.978. The van der Waals surface area contributed by atoms with Gasteiger partial charge in [0.25, 0.3) is 0 Å². The van der Waals surface area contributed by atoms with E-state index in [1.807, 2.05) is 47.8 Å². The largest absolute Gasteiger partial charge is 1.00 e. The van der Waals surface area contributed by atoms with Crippen LogP contribution in [0.5, 0.6) is 0 Å². The fourth-order valence-corrected chi connectivity index (χ4v) is 6.45. The Kier molecular flexibility index (Phi) is 8.83. The van der Waals surface area contributed by atoms with Crippen molar-refractivity contribution in [3.63, 3.8) is 0 Å². The highest BCUT2D eigenvalue weighted by Crippen LogP contribution is 2.36. The number of amides is 1. The van der Waals surface area contributed by atoms with Gasteiger partial charge < -0.3 is 36.3 Å². The summed E-state index contributed by atoms with van der Waals surface area (Å²) in [4.78, 5) is 39.4. The minimum absolute atomic E-state index is 0. The van der Waals surface area contributed by atoms with E-state index in [2.05, 4.69) is 5.32 Å². The van der Waals surface area contributed by atoms with E-state index in [-0.39, 0.29) is 34.8 Å². The fourth-order valence-electron chi connectivity index (χ4n) is 5.68. The summed E-state index contributed by atoms with van der Waals surface area (Å²) in [6.07, 6.45) is 0.840. The third kappa shape index (κ3) is 6.88. The summed E-state index contributed by atoms with van der Waals surface area (Å²) >= 11 is 1.67. The molecule has 3 saturated heterocycles. The molecule has 2 aromatic carbocycles. The first-order valence-electron chi connectivity index (χ1n) is 13.2. The Hall–Kier alpha value is -2.75. The molecule has 2 atom stereocenters. The number of nitrogens with one attached hydrogen (secondary N) is 1. The van der Waals surface area contributed by atoms with Gasteiger partial charge in [-0.1, -0.05) is 30.3 Å². The molecule has 1 amide bonds. The maximum Gasteiger partial charge on any atom is 0.408 e. The fraction of sp³-hybridized carbons (Fsp3) is 0.433. The molecule has 1 N–H and O–H groups in total. The van der Waals surface area contributed by atoms with Crippen LogP contribution in [0.4, 0.5) is 4.79 Å².